The van der Waals surface area contributed by atoms with Gasteiger partial charge in [0.1, 0.15) is 18.3 Å². The number of para-hydroxylation sites is 1. The van der Waals surface area contributed by atoms with Crippen LogP contribution in [0, 0.1) is 0 Å². The van der Waals surface area contributed by atoms with Crippen LogP contribution in [-0.4, -0.2) is 49.3 Å². The number of ether oxygens (including phenoxy) is 4. The van der Waals surface area contributed by atoms with Crippen molar-refractivity contribution in [2.75, 3.05) is 26.4 Å². The van der Waals surface area contributed by atoms with Gasteiger partial charge in [0.05, 0.1) is 12.7 Å². The molecular formula is C18H26O5. The molecule has 1 aromatic rings. The van der Waals surface area contributed by atoms with E-state index in [1.165, 1.54) is 0 Å². The highest BCUT2D eigenvalue weighted by atomic mass is 16.5. The lowest BCUT2D eigenvalue weighted by atomic mass is 10.0. The maximum atomic E-state index is 10.1. The van der Waals surface area contributed by atoms with Crippen LogP contribution in [0.4, 0.5) is 0 Å². The van der Waals surface area contributed by atoms with Gasteiger partial charge in [-0.25, -0.2) is 0 Å². The van der Waals surface area contributed by atoms with E-state index >= 15 is 0 Å². The summed E-state index contributed by atoms with van der Waals surface area (Å²) in [5, 5.41) is 10.1. The summed E-state index contributed by atoms with van der Waals surface area (Å²) in [6.45, 7) is 6.08. The molecule has 1 atom stereocenters. The third-order valence-corrected chi connectivity index (χ3v) is 4.18. The highest BCUT2D eigenvalue weighted by Crippen LogP contribution is 2.41. The number of fused-ring (bicyclic) bond motifs is 1. The van der Waals surface area contributed by atoms with Crippen molar-refractivity contribution in [1.82, 2.24) is 0 Å². The van der Waals surface area contributed by atoms with Crippen molar-refractivity contribution < 1.29 is 24.1 Å². The Bertz CT molecular complexity index is 522. The molecule has 3 rings (SSSR count). The van der Waals surface area contributed by atoms with Gasteiger partial charge in [-0.15, -0.1) is 0 Å². The van der Waals surface area contributed by atoms with Crippen molar-refractivity contribution in [3.05, 3.63) is 23.8 Å². The van der Waals surface area contributed by atoms with Crippen LogP contribution >= 0.6 is 0 Å². The van der Waals surface area contributed by atoms with Gasteiger partial charge in [0.2, 0.25) is 0 Å². The van der Waals surface area contributed by atoms with Gasteiger partial charge >= 0.3 is 0 Å². The maximum Gasteiger partial charge on any atom is 0.165 e. The third-order valence-electron chi connectivity index (χ3n) is 4.18. The summed E-state index contributed by atoms with van der Waals surface area (Å²) in [4.78, 5) is 0. The summed E-state index contributed by atoms with van der Waals surface area (Å²) in [6, 6.07) is 5.90. The molecule has 23 heavy (non-hydrogen) atoms. The first-order valence-corrected chi connectivity index (χ1v) is 8.35. The summed E-state index contributed by atoms with van der Waals surface area (Å²) in [5.74, 6) is 1.49. The van der Waals surface area contributed by atoms with Gasteiger partial charge in [0.25, 0.3) is 0 Å². The highest BCUT2D eigenvalue weighted by Gasteiger charge is 2.32. The average Bonchev–Trinajstić information content (AvgIpc) is 2.86. The predicted octanol–water partition coefficient (Wildman–Crippen LogP) is 2.34. The maximum absolute atomic E-state index is 10.1. The van der Waals surface area contributed by atoms with Crippen LogP contribution < -0.4 is 9.47 Å². The number of aliphatic hydroxyl groups is 1. The van der Waals surface area contributed by atoms with Gasteiger partial charge < -0.3 is 24.1 Å². The van der Waals surface area contributed by atoms with Crippen LogP contribution in [0.2, 0.25) is 0 Å². The molecule has 0 saturated carbocycles. The summed E-state index contributed by atoms with van der Waals surface area (Å²) < 4.78 is 22.7. The smallest absolute Gasteiger partial charge is 0.165 e. The minimum absolute atomic E-state index is 0.184. The standard InChI is InChI=1S/C18H26O5/c1-18(2)10-13-4-3-5-16(17(13)23-18)22-12-14(19)11-21-15-6-8-20-9-7-15/h3-5,14-15,19H,6-12H2,1-2H3. The van der Waals surface area contributed by atoms with Crippen LogP contribution in [-0.2, 0) is 15.9 Å². The number of hydrogen-bond donors (Lipinski definition) is 1. The molecule has 128 valence electrons. The molecule has 5 nitrogen and oxygen atoms in total. The SMILES string of the molecule is CC1(C)Cc2cccc(OCC(O)COC3CCOCC3)c2O1. The van der Waals surface area contributed by atoms with Crippen molar-refractivity contribution >= 4 is 0 Å². The second-order valence-electron chi connectivity index (χ2n) is 6.89. The minimum Gasteiger partial charge on any atom is -0.487 e. The topological polar surface area (TPSA) is 57.2 Å². The Balaban J connectivity index is 1.48. The molecule has 1 fully saturated rings. The molecule has 2 heterocycles. The van der Waals surface area contributed by atoms with Crippen LogP contribution in [0.1, 0.15) is 32.3 Å². The van der Waals surface area contributed by atoms with Gasteiger partial charge in [-0.05, 0) is 32.8 Å². The van der Waals surface area contributed by atoms with Crippen LogP contribution in [0.3, 0.4) is 0 Å². The van der Waals surface area contributed by atoms with Crippen molar-refractivity contribution in [1.29, 1.82) is 0 Å². The van der Waals surface area contributed by atoms with E-state index in [1.807, 2.05) is 12.1 Å². The average molecular weight is 322 g/mol. The fourth-order valence-electron chi connectivity index (χ4n) is 3.02. The normalized spacial score (nSPS) is 21.5. The van der Waals surface area contributed by atoms with Gasteiger partial charge in [0.15, 0.2) is 11.5 Å². The first-order valence-electron chi connectivity index (χ1n) is 8.35. The molecule has 2 aliphatic heterocycles. The number of benzene rings is 1. The summed E-state index contributed by atoms with van der Waals surface area (Å²) in [5.41, 5.74) is 0.951. The van der Waals surface area contributed by atoms with Crippen molar-refractivity contribution in [2.45, 2.75) is 50.9 Å². The molecule has 0 bridgehead atoms. The van der Waals surface area contributed by atoms with E-state index in [1.54, 1.807) is 0 Å². The van der Waals surface area contributed by atoms with E-state index in [0.717, 1.165) is 43.8 Å². The Labute approximate surface area is 137 Å². The van der Waals surface area contributed by atoms with E-state index in [0.29, 0.717) is 5.75 Å². The van der Waals surface area contributed by atoms with Crippen molar-refractivity contribution in [3.63, 3.8) is 0 Å². The third kappa shape index (κ3) is 4.37. The molecule has 0 spiro atoms. The van der Waals surface area contributed by atoms with E-state index in [-0.39, 0.29) is 24.9 Å². The minimum atomic E-state index is -0.650. The molecule has 2 aliphatic rings. The Hall–Kier alpha value is -1.30. The molecule has 1 saturated heterocycles. The first-order chi connectivity index (χ1) is 11.0. The van der Waals surface area contributed by atoms with Crippen LogP contribution in [0.5, 0.6) is 11.5 Å². The van der Waals surface area contributed by atoms with Gasteiger partial charge in [-0.2, -0.15) is 0 Å². The second kappa shape index (κ2) is 7.07. The lowest BCUT2D eigenvalue weighted by Gasteiger charge is -2.24. The molecule has 0 aromatic heterocycles. The predicted molar refractivity (Wildman–Crippen MR) is 86.1 cm³/mol. The molecule has 0 radical (unpaired) electrons. The van der Waals surface area contributed by atoms with Crippen LogP contribution in [0.15, 0.2) is 18.2 Å². The summed E-state index contributed by atoms with van der Waals surface area (Å²) in [7, 11) is 0. The van der Waals surface area contributed by atoms with Gasteiger partial charge in [-0.3, -0.25) is 0 Å². The quantitative estimate of drug-likeness (QED) is 0.871. The van der Waals surface area contributed by atoms with Gasteiger partial charge in [0, 0.05) is 25.2 Å². The molecule has 1 unspecified atom stereocenters. The first kappa shape index (κ1) is 16.6. The zero-order valence-electron chi connectivity index (χ0n) is 13.9. The van der Waals surface area contributed by atoms with Crippen LogP contribution in [0.25, 0.3) is 0 Å². The Morgan fingerprint density at radius 2 is 2.04 bits per heavy atom. The fourth-order valence-corrected chi connectivity index (χ4v) is 3.02. The Morgan fingerprint density at radius 1 is 1.26 bits per heavy atom. The lowest BCUT2D eigenvalue weighted by Crippen LogP contribution is -2.30. The van der Waals surface area contributed by atoms with E-state index in [4.69, 9.17) is 18.9 Å². The number of hydrogen-bond acceptors (Lipinski definition) is 5. The van der Waals surface area contributed by atoms with E-state index < -0.39 is 6.10 Å². The fraction of sp³-hybridized carbons (Fsp3) is 0.667. The summed E-state index contributed by atoms with van der Waals surface area (Å²) in [6.07, 6.45) is 2.19. The van der Waals surface area contributed by atoms with Crippen molar-refractivity contribution in [2.24, 2.45) is 0 Å². The zero-order chi connectivity index (χ0) is 16.3. The van der Waals surface area contributed by atoms with E-state index in [9.17, 15) is 5.11 Å². The molecule has 5 heteroatoms. The Kier molecular flexibility index (Phi) is 5.09. The molecule has 1 N–H and O–H groups in total. The molecule has 0 amide bonds. The van der Waals surface area contributed by atoms with E-state index in [2.05, 4.69) is 19.9 Å². The summed E-state index contributed by atoms with van der Waals surface area (Å²) >= 11 is 0. The highest BCUT2D eigenvalue weighted by molar-refractivity contribution is 5.50. The Morgan fingerprint density at radius 3 is 2.83 bits per heavy atom. The molecule has 1 aromatic carbocycles. The zero-order valence-corrected chi connectivity index (χ0v) is 13.9. The molecular weight excluding hydrogens is 296 g/mol. The number of aliphatic hydroxyl groups excluding tert-OH is 1. The lowest BCUT2D eigenvalue weighted by molar-refractivity contribution is -0.0661. The molecule has 0 aliphatic carbocycles. The second-order valence-corrected chi connectivity index (χ2v) is 6.89. The van der Waals surface area contributed by atoms with Gasteiger partial charge in [-0.1, -0.05) is 12.1 Å². The largest absolute Gasteiger partial charge is 0.487 e. The van der Waals surface area contributed by atoms with Crippen molar-refractivity contribution in [3.8, 4) is 11.5 Å². The monoisotopic (exact) mass is 322 g/mol. The number of rotatable bonds is 6.